The fourth-order valence-corrected chi connectivity index (χ4v) is 7.11. The van der Waals surface area contributed by atoms with E-state index >= 15 is 0 Å². The molecule has 1 amide bonds. The van der Waals surface area contributed by atoms with Gasteiger partial charge in [0.15, 0.2) is 17.6 Å². The standard InChI is InChI=1S/C28H35NO9/c1-12-11-27(16(5)37-17(6)30)25(33)14(3)26(34)29(27)21-10-18(31)9-19-24(13(2)23(12)28(19,21)35)38-22-8-7-20(32)15(4)36-22/h9-11,13,15-16,20,22-24,32-33,35H,7-8H2,1-6H3/t13-,15?,16-,20+,22+,23-,24+,27-,28+/m1/s1. The number of carbonyl (C=O) groups is 3. The summed E-state index contributed by atoms with van der Waals surface area (Å²) in [6.07, 6.45) is 1.75. The molecule has 3 N–H and O–H groups in total. The maximum absolute atomic E-state index is 13.7. The number of nitrogens with zero attached hydrogens (tertiary/aromatic N) is 1. The van der Waals surface area contributed by atoms with E-state index < -0.39 is 65.4 Å². The number of rotatable bonds is 4. The first kappa shape index (κ1) is 26.8. The van der Waals surface area contributed by atoms with Crippen molar-refractivity contribution in [2.24, 2.45) is 11.8 Å². The molecule has 10 heteroatoms. The summed E-state index contributed by atoms with van der Waals surface area (Å²) in [5.74, 6) is -2.94. The van der Waals surface area contributed by atoms with E-state index in [-0.39, 0.29) is 22.9 Å². The normalized spacial score (nSPS) is 41.2. The lowest BCUT2D eigenvalue weighted by atomic mass is 9.76. The highest BCUT2D eigenvalue weighted by molar-refractivity contribution is 6.06. The molecule has 2 aliphatic carbocycles. The van der Waals surface area contributed by atoms with Crippen LogP contribution in [0.15, 0.2) is 46.4 Å². The number of amides is 1. The van der Waals surface area contributed by atoms with Crippen LogP contribution in [-0.2, 0) is 28.6 Å². The highest BCUT2D eigenvalue weighted by atomic mass is 16.7. The molecule has 9 atom stereocenters. The van der Waals surface area contributed by atoms with Gasteiger partial charge in [-0.25, -0.2) is 0 Å². The number of ketones is 1. The molecule has 38 heavy (non-hydrogen) atoms. The van der Waals surface area contributed by atoms with Crippen LogP contribution >= 0.6 is 0 Å². The zero-order valence-electron chi connectivity index (χ0n) is 22.4. The van der Waals surface area contributed by atoms with Gasteiger partial charge in [0.1, 0.15) is 17.5 Å². The fraction of sp³-hybridized carbons (Fsp3) is 0.607. The summed E-state index contributed by atoms with van der Waals surface area (Å²) in [5.41, 5.74) is -2.46. The smallest absolute Gasteiger partial charge is 0.303 e. The molecular weight excluding hydrogens is 494 g/mol. The Bertz CT molecular complexity index is 1230. The lowest BCUT2D eigenvalue weighted by Gasteiger charge is -2.45. The number of ether oxygens (including phenoxy) is 3. The van der Waals surface area contributed by atoms with Gasteiger partial charge in [-0.2, -0.15) is 0 Å². The minimum Gasteiger partial charge on any atom is -0.509 e. The first-order chi connectivity index (χ1) is 17.7. The molecule has 2 fully saturated rings. The van der Waals surface area contributed by atoms with Crippen LogP contribution in [0.4, 0.5) is 0 Å². The van der Waals surface area contributed by atoms with Crippen molar-refractivity contribution in [3.63, 3.8) is 0 Å². The number of aliphatic hydroxyl groups is 3. The molecule has 206 valence electrons. The summed E-state index contributed by atoms with van der Waals surface area (Å²) in [6, 6.07) is 0. The number of carbonyl (C=O) groups excluding carboxylic acids is 3. The molecule has 3 heterocycles. The summed E-state index contributed by atoms with van der Waals surface area (Å²) < 4.78 is 17.7. The maximum atomic E-state index is 13.7. The molecular formula is C28H35NO9. The van der Waals surface area contributed by atoms with E-state index in [1.807, 2.05) is 6.92 Å². The van der Waals surface area contributed by atoms with E-state index in [4.69, 9.17) is 14.2 Å². The van der Waals surface area contributed by atoms with Crippen LogP contribution in [-0.4, -0.2) is 79.7 Å². The van der Waals surface area contributed by atoms with Crippen molar-refractivity contribution in [3.8, 4) is 0 Å². The number of aliphatic hydroxyl groups excluding tert-OH is 2. The lowest BCUT2D eigenvalue weighted by molar-refractivity contribution is -0.233. The molecule has 1 unspecified atom stereocenters. The van der Waals surface area contributed by atoms with Crippen molar-refractivity contribution in [1.82, 2.24) is 4.90 Å². The molecule has 1 saturated carbocycles. The van der Waals surface area contributed by atoms with Gasteiger partial charge in [-0.1, -0.05) is 12.5 Å². The van der Waals surface area contributed by atoms with Gasteiger partial charge < -0.3 is 29.5 Å². The third-order valence-electron chi connectivity index (χ3n) is 8.84. The van der Waals surface area contributed by atoms with Gasteiger partial charge in [0.05, 0.1) is 29.6 Å². The molecule has 3 aliphatic heterocycles. The van der Waals surface area contributed by atoms with Crippen LogP contribution < -0.4 is 0 Å². The second-order valence-corrected chi connectivity index (χ2v) is 11.2. The number of hydrogen-bond donors (Lipinski definition) is 3. The van der Waals surface area contributed by atoms with E-state index in [9.17, 15) is 29.7 Å². The average Bonchev–Trinajstić information content (AvgIpc) is 3.11. The van der Waals surface area contributed by atoms with Crippen LogP contribution in [0.2, 0.25) is 0 Å². The Hall–Kier alpha value is -2.79. The predicted octanol–water partition coefficient (Wildman–Crippen LogP) is 1.97. The fourth-order valence-electron chi connectivity index (χ4n) is 7.11. The molecule has 0 aromatic carbocycles. The monoisotopic (exact) mass is 529 g/mol. The van der Waals surface area contributed by atoms with Crippen LogP contribution in [0.1, 0.15) is 54.4 Å². The molecule has 0 bridgehead atoms. The minimum atomic E-state index is -1.81. The maximum Gasteiger partial charge on any atom is 0.303 e. The van der Waals surface area contributed by atoms with Crippen molar-refractivity contribution in [3.05, 3.63) is 46.4 Å². The summed E-state index contributed by atoms with van der Waals surface area (Å²) in [7, 11) is 0. The van der Waals surface area contributed by atoms with Gasteiger partial charge in [-0.05, 0) is 52.2 Å². The second kappa shape index (κ2) is 8.87. The van der Waals surface area contributed by atoms with Crippen molar-refractivity contribution in [2.75, 3.05) is 0 Å². The summed E-state index contributed by atoms with van der Waals surface area (Å²) >= 11 is 0. The Morgan fingerprint density at radius 1 is 1.21 bits per heavy atom. The van der Waals surface area contributed by atoms with Gasteiger partial charge in [-0.15, -0.1) is 0 Å². The number of esters is 1. The second-order valence-electron chi connectivity index (χ2n) is 11.2. The molecule has 0 radical (unpaired) electrons. The van der Waals surface area contributed by atoms with Gasteiger partial charge >= 0.3 is 5.97 Å². The van der Waals surface area contributed by atoms with Gasteiger partial charge in [0.2, 0.25) is 0 Å². The first-order valence-electron chi connectivity index (χ1n) is 13.1. The first-order valence-corrected chi connectivity index (χ1v) is 13.1. The quantitative estimate of drug-likeness (QED) is 0.368. The summed E-state index contributed by atoms with van der Waals surface area (Å²) in [6.45, 7) is 9.71. The zero-order chi connectivity index (χ0) is 27.9. The molecule has 5 aliphatic rings. The van der Waals surface area contributed by atoms with E-state index in [0.717, 1.165) is 0 Å². The molecule has 0 aromatic rings. The van der Waals surface area contributed by atoms with E-state index in [0.29, 0.717) is 24.0 Å². The number of allylic oxidation sites excluding steroid dienone is 2. The Morgan fingerprint density at radius 3 is 2.53 bits per heavy atom. The van der Waals surface area contributed by atoms with E-state index in [1.165, 1.54) is 30.9 Å². The molecule has 1 saturated heterocycles. The Labute approximate surface area is 221 Å². The van der Waals surface area contributed by atoms with Crippen molar-refractivity contribution < 1.29 is 43.9 Å². The number of hydrogen-bond acceptors (Lipinski definition) is 9. The largest absolute Gasteiger partial charge is 0.509 e. The highest BCUT2D eigenvalue weighted by Gasteiger charge is 2.68. The van der Waals surface area contributed by atoms with Gasteiger partial charge in [-0.3, -0.25) is 19.3 Å². The van der Waals surface area contributed by atoms with Crippen LogP contribution in [0, 0.1) is 11.8 Å². The topological polar surface area (TPSA) is 143 Å². The zero-order valence-corrected chi connectivity index (χ0v) is 22.4. The van der Waals surface area contributed by atoms with Gasteiger partial charge in [0, 0.05) is 30.9 Å². The van der Waals surface area contributed by atoms with Crippen LogP contribution in [0.25, 0.3) is 0 Å². The lowest BCUT2D eigenvalue weighted by Crippen LogP contribution is -2.58. The highest BCUT2D eigenvalue weighted by Crippen LogP contribution is 2.60. The molecule has 5 rings (SSSR count). The summed E-state index contributed by atoms with van der Waals surface area (Å²) in [4.78, 5) is 39.9. The van der Waals surface area contributed by atoms with Crippen molar-refractivity contribution >= 4 is 17.7 Å². The Kier molecular flexibility index (Phi) is 6.26. The van der Waals surface area contributed by atoms with Crippen LogP contribution in [0.5, 0.6) is 0 Å². The van der Waals surface area contributed by atoms with Crippen molar-refractivity contribution in [1.29, 1.82) is 0 Å². The average molecular weight is 530 g/mol. The Balaban J connectivity index is 1.66. The van der Waals surface area contributed by atoms with Crippen LogP contribution in [0.3, 0.4) is 0 Å². The molecule has 10 nitrogen and oxygen atoms in total. The minimum absolute atomic E-state index is 0.0109. The van der Waals surface area contributed by atoms with E-state index in [2.05, 4.69) is 0 Å². The summed E-state index contributed by atoms with van der Waals surface area (Å²) in [5, 5.41) is 33.9. The van der Waals surface area contributed by atoms with Gasteiger partial charge in [0.25, 0.3) is 5.91 Å². The third kappa shape index (κ3) is 3.50. The third-order valence-corrected chi connectivity index (χ3v) is 8.84. The molecule has 0 spiro atoms. The van der Waals surface area contributed by atoms with Crippen molar-refractivity contribution in [2.45, 2.75) is 96.2 Å². The van der Waals surface area contributed by atoms with E-state index in [1.54, 1.807) is 26.8 Å². The number of fused-ring (bicyclic) bond motifs is 2. The predicted molar refractivity (Wildman–Crippen MR) is 133 cm³/mol. The molecule has 0 aromatic heterocycles. The Morgan fingerprint density at radius 2 is 1.89 bits per heavy atom. The SMILES string of the molecule is CC(=O)O[C@H](C)[C@@]12C=C(C)[C@@H]3[C@@H](C)[C@H](O[C@H]4CC[C@H](O)C(C)O4)C4=CC(=O)C=C(N1C(=O)C(C)=C2O)[C@@]43O.